The van der Waals surface area contributed by atoms with Crippen molar-refractivity contribution in [2.24, 2.45) is 0 Å². The number of aliphatic hydroxyl groups excluding tert-OH is 1. The summed E-state index contributed by atoms with van der Waals surface area (Å²) in [7, 11) is 0. The Hall–Kier alpha value is -1.39. The molecule has 0 aromatic heterocycles. The lowest BCUT2D eigenvalue weighted by molar-refractivity contribution is -0.131. The molecule has 0 spiro atoms. The summed E-state index contributed by atoms with van der Waals surface area (Å²) in [6.45, 7) is 2.28. The molecular weight excluding hydrogens is 220 g/mol. The van der Waals surface area contributed by atoms with Gasteiger partial charge >= 0.3 is 5.97 Å². The van der Waals surface area contributed by atoms with Gasteiger partial charge in [0.25, 0.3) is 0 Å². The predicted octanol–water partition coefficient (Wildman–Crippen LogP) is 1.38. The molecule has 0 amide bonds. The van der Waals surface area contributed by atoms with Gasteiger partial charge in [-0.1, -0.05) is 18.2 Å². The van der Waals surface area contributed by atoms with Crippen molar-refractivity contribution in [3.63, 3.8) is 0 Å². The van der Waals surface area contributed by atoms with Crippen molar-refractivity contribution >= 4 is 5.97 Å². The molecule has 1 heterocycles. The lowest BCUT2D eigenvalue weighted by Gasteiger charge is -2.32. The molecule has 0 saturated carbocycles. The van der Waals surface area contributed by atoms with Crippen LogP contribution in [0.15, 0.2) is 30.3 Å². The molecule has 1 aromatic rings. The second kappa shape index (κ2) is 5.29. The summed E-state index contributed by atoms with van der Waals surface area (Å²) in [5.41, 5.74) is 0.499. The smallest absolute Gasteiger partial charge is 0.338 e. The van der Waals surface area contributed by atoms with Gasteiger partial charge in [0.2, 0.25) is 0 Å². The van der Waals surface area contributed by atoms with Crippen molar-refractivity contribution in [2.45, 2.75) is 31.7 Å². The Morgan fingerprint density at radius 1 is 1.41 bits per heavy atom. The van der Waals surface area contributed by atoms with Crippen molar-refractivity contribution in [1.82, 2.24) is 0 Å². The molecule has 0 unspecified atom stereocenters. The molecule has 1 aromatic carbocycles. The van der Waals surface area contributed by atoms with Crippen LogP contribution in [0.1, 0.15) is 23.7 Å². The molecule has 17 heavy (non-hydrogen) atoms. The Morgan fingerprint density at radius 3 is 2.82 bits per heavy atom. The molecule has 4 nitrogen and oxygen atoms in total. The number of carbonyl (C=O) groups is 1. The van der Waals surface area contributed by atoms with Gasteiger partial charge in [0.05, 0.1) is 18.3 Å². The summed E-state index contributed by atoms with van der Waals surface area (Å²) in [5, 5.41) is 9.83. The van der Waals surface area contributed by atoms with Crippen LogP contribution in [0.25, 0.3) is 0 Å². The largest absolute Gasteiger partial charge is 0.456 e. The lowest BCUT2D eigenvalue weighted by Crippen LogP contribution is -2.45. The molecule has 2 rings (SSSR count). The maximum Gasteiger partial charge on any atom is 0.338 e. The lowest BCUT2D eigenvalue weighted by atomic mass is 10.0. The fourth-order valence-corrected chi connectivity index (χ4v) is 1.85. The quantitative estimate of drug-likeness (QED) is 0.788. The van der Waals surface area contributed by atoms with Crippen LogP contribution in [0.3, 0.4) is 0 Å². The van der Waals surface area contributed by atoms with Crippen molar-refractivity contribution in [3.8, 4) is 0 Å². The van der Waals surface area contributed by atoms with E-state index in [1.54, 1.807) is 31.2 Å². The maximum atomic E-state index is 11.8. The van der Waals surface area contributed by atoms with Crippen LogP contribution >= 0.6 is 0 Å². The molecule has 0 aliphatic carbocycles. The summed E-state index contributed by atoms with van der Waals surface area (Å²) in [4.78, 5) is 11.8. The maximum absolute atomic E-state index is 11.8. The van der Waals surface area contributed by atoms with E-state index < -0.39 is 18.2 Å². The van der Waals surface area contributed by atoms with Gasteiger partial charge in [0, 0.05) is 6.42 Å². The molecule has 3 atom stereocenters. The Morgan fingerprint density at radius 2 is 2.12 bits per heavy atom. The van der Waals surface area contributed by atoms with E-state index in [4.69, 9.17) is 9.47 Å². The van der Waals surface area contributed by atoms with Gasteiger partial charge in [-0.15, -0.1) is 0 Å². The number of hydrogen-bond donors (Lipinski definition) is 1. The van der Waals surface area contributed by atoms with Gasteiger partial charge in [0.15, 0.2) is 0 Å². The van der Waals surface area contributed by atoms with E-state index in [0.717, 1.165) is 0 Å². The summed E-state index contributed by atoms with van der Waals surface area (Å²) >= 11 is 0. The molecule has 1 N–H and O–H groups in total. The molecule has 4 heteroatoms. The Bertz CT molecular complexity index is 376. The number of aliphatic hydroxyl groups is 1. The van der Waals surface area contributed by atoms with E-state index in [2.05, 4.69) is 0 Å². The molecule has 1 fully saturated rings. The van der Waals surface area contributed by atoms with Gasteiger partial charge in [0.1, 0.15) is 12.2 Å². The summed E-state index contributed by atoms with van der Waals surface area (Å²) in [5.74, 6) is -0.399. The molecule has 0 radical (unpaired) electrons. The first-order valence-electron chi connectivity index (χ1n) is 5.74. The van der Waals surface area contributed by atoms with Crippen molar-refractivity contribution in [2.75, 3.05) is 6.61 Å². The van der Waals surface area contributed by atoms with Crippen LogP contribution in [-0.4, -0.2) is 36.0 Å². The average Bonchev–Trinajstić information content (AvgIpc) is 2.36. The molecule has 1 aliphatic heterocycles. The highest BCUT2D eigenvalue weighted by Crippen LogP contribution is 2.18. The third kappa shape index (κ3) is 2.84. The summed E-state index contributed by atoms with van der Waals surface area (Å²) < 4.78 is 10.6. The zero-order valence-electron chi connectivity index (χ0n) is 9.70. The van der Waals surface area contributed by atoms with E-state index in [-0.39, 0.29) is 6.10 Å². The Balaban J connectivity index is 1.99. The molecule has 1 aliphatic rings. The second-order valence-electron chi connectivity index (χ2n) is 4.16. The third-order valence-corrected chi connectivity index (χ3v) is 2.91. The van der Waals surface area contributed by atoms with Crippen LogP contribution in [0.5, 0.6) is 0 Å². The SMILES string of the molecule is C[C@@H]1OCC[C@H](OC(=O)c2ccccc2)[C@H]1O. The van der Waals surface area contributed by atoms with Crippen LogP contribution in [0.2, 0.25) is 0 Å². The first-order valence-corrected chi connectivity index (χ1v) is 5.74. The summed E-state index contributed by atoms with van der Waals surface area (Å²) in [6.07, 6.45) is -0.996. The minimum absolute atomic E-state index is 0.294. The average molecular weight is 236 g/mol. The first kappa shape index (κ1) is 12.1. The number of ether oxygens (including phenoxy) is 2. The number of benzene rings is 1. The number of esters is 1. The monoisotopic (exact) mass is 236 g/mol. The van der Waals surface area contributed by atoms with Gasteiger partial charge in [-0.3, -0.25) is 0 Å². The van der Waals surface area contributed by atoms with Crippen LogP contribution in [0, 0.1) is 0 Å². The Labute approximate surface area is 100 Å². The molecule has 0 bridgehead atoms. The van der Waals surface area contributed by atoms with E-state index in [0.29, 0.717) is 18.6 Å². The standard InChI is InChI=1S/C13H16O4/c1-9-12(14)11(7-8-16-9)17-13(15)10-5-3-2-4-6-10/h2-6,9,11-12,14H,7-8H2,1H3/t9-,11-,12-/m0/s1. The van der Waals surface area contributed by atoms with Crippen molar-refractivity contribution < 1.29 is 19.4 Å². The van der Waals surface area contributed by atoms with Crippen molar-refractivity contribution in [3.05, 3.63) is 35.9 Å². The van der Waals surface area contributed by atoms with Crippen LogP contribution in [-0.2, 0) is 9.47 Å². The highest BCUT2D eigenvalue weighted by molar-refractivity contribution is 5.89. The molecular formula is C13H16O4. The zero-order chi connectivity index (χ0) is 12.3. The first-order chi connectivity index (χ1) is 8.18. The van der Waals surface area contributed by atoms with Gasteiger partial charge in [-0.25, -0.2) is 4.79 Å². The highest BCUT2D eigenvalue weighted by atomic mass is 16.6. The van der Waals surface area contributed by atoms with Crippen molar-refractivity contribution in [1.29, 1.82) is 0 Å². The summed E-state index contributed by atoms with van der Waals surface area (Å²) in [6, 6.07) is 8.77. The van der Waals surface area contributed by atoms with E-state index in [1.807, 2.05) is 6.07 Å². The number of hydrogen-bond acceptors (Lipinski definition) is 4. The minimum Gasteiger partial charge on any atom is -0.456 e. The van der Waals surface area contributed by atoms with E-state index in [1.165, 1.54) is 0 Å². The fourth-order valence-electron chi connectivity index (χ4n) is 1.85. The van der Waals surface area contributed by atoms with Gasteiger partial charge in [-0.2, -0.15) is 0 Å². The normalized spacial score (nSPS) is 28.7. The topological polar surface area (TPSA) is 55.8 Å². The zero-order valence-corrected chi connectivity index (χ0v) is 9.70. The molecule has 92 valence electrons. The van der Waals surface area contributed by atoms with Gasteiger partial charge < -0.3 is 14.6 Å². The Kier molecular flexibility index (Phi) is 3.76. The van der Waals surface area contributed by atoms with E-state index >= 15 is 0 Å². The fraction of sp³-hybridized carbons (Fsp3) is 0.462. The predicted molar refractivity (Wildman–Crippen MR) is 61.7 cm³/mol. The second-order valence-corrected chi connectivity index (χ2v) is 4.16. The molecule has 1 saturated heterocycles. The van der Waals surface area contributed by atoms with Gasteiger partial charge in [-0.05, 0) is 19.1 Å². The highest BCUT2D eigenvalue weighted by Gasteiger charge is 2.32. The van der Waals surface area contributed by atoms with Crippen LogP contribution in [0.4, 0.5) is 0 Å². The number of rotatable bonds is 2. The number of carbonyl (C=O) groups excluding carboxylic acids is 1. The minimum atomic E-state index is -0.753. The van der Waals surface area contributed by atoms with Crippen LogP contribution < -0.4 is 0 Å². The third-order valence-electron chi connectivity index (χ3n) is 2.91. The van der Waals surface area contributed by atoms with E-state index in [9.17, 15) is 9.90 Å².